The number of hydrogen-bond donors (Lipinski definition) is 1. The summed E-state index contributed by atoms with van der Waals surface area (Å²) in [6.07, 6.45) is 1.35. The van der Waals surface area contributed by atoms with Gasteiger partial charge in [0.25, 0.3) is 0 Å². The molecule has 1 heterocycles. The monoisotopic (exact) mass is 260 g/mol. The van der Waals surface area contributed by atoms with Crippen molar-refractivity contribution in [3.8, 4) is 5.75 Å². The molecule has 1 aromatic carbocycles. The molecule has 0 saturated heterocycles. The lowest BCUT2D eigenvalue weighted by Gasteiger charge is -2.09. The highest BCUT2D eigenvalue weighted by atomic mass is 16.5. The summed E-state index contributed by atoms with van der Waals surface area (Å²) in [5, 5.41) is 8.95. The number of ether oxygens (including phenoxy) is 1. The Morgan fingerprint density at radius 2 is 2.16 bits per heavy atom. The van der Waals surface area contributed by atoms with Crippen LogP contribution in [0.2, 0.25) is 0 Å². The Morgan fingerprint density at radius 3 is 2.84 bits per heavy atom. The first kappa shape index (κ1) is 13.2. The maximum Gasteiger partial charge on any atom is 0.339 e. The molecule has 0 aliphatic carbocycles. The highest BCUT2D eigenvalue weighted by molar-refractivity contribution is 5.88. The van der Waals surface area contributed by atoms with Gasteiger partial charge in [-0.1, -0.05) is 26.0 Å². The molecule has 2 aromatic rings. The predicted octanol–water partition coefficient (Wildman–Crippen LogP) is 3.68. The number of furan rings is 1. The first-order chi connectivity index (χ1) is 9.08. The molecule has 0 aliphatic rings. The van der Waals surface area contributed by atoms with Crippen molar-refractivity contribution in [2.45, 2.75) is 26.4 Å². The minimum atomic E-state index is -1.01. The van der Waals surface area contributed by atoms with E-state index < -0.39 is 5.97 Å². The minimum Gasteiger partial charge on any atom is -0.486 e. The predicted molar refractivity (Wildman–Crippen MR) is 70.5 cm³/mol. The standard InChI is InChI=1S/C15H16O4/c1-10(2)11-4-3-5-12(8-11)19-9-14-13(15(16)17)6-7-18-14/h3-8,10H,9H2,1-2H3,(H,16,17). The smallest absolute Gasteiger partial charge is 0.339 e. The first-order valence-electron chi connectivity index (χ1n) is 6.10. The summed E-state index contributed by atoms with van der Waals surface area (Å²) in [6, 6.07) is 9.17. The van der Waals surface area contributed by atoms with E-state index in [0.717, 1.165) is 0 Å². The van der Waals surface area contributed by atoms with Crippen LogP contribution >= 0.6 is 0 Å². The van der Waals surface area contributed by atoms with Crippen molar-refractivity contribution in [3.63, 3.8) is 0 Å². The lowest BCUT2D eigenvalue weighted by molar-refractivity contribution is 0.0692. The molecule has 0 amide bonds. The van der Waals surface area contributed by atoms with Crippen molar-refractivity contribution < 1.29 is 19.1 Å². The van der Waals surface area contributed by atoms with E-state index in [0.29, 0.717) is 17.4 Å². The van der Waals surface area contributed by atoms with Crippen LogP contribution in [0.4, 0.5) is 0 Å². The third-order valence-electron chi connectivity index (χ3n) is 2.87. The van der Waals surface area contributed by atoms with Gasteiger partial charge in [0.15, 0.2) is 5.76 Å². The fourth-order valence-corrected chi connectivity index (χ4v) is 1.76. The van der Waals surface area contributed by atoms with Gasteiger partial charge in [-0.2, -0.15) is 0 Å². The van der Waals surface area contributed by atoms with Gasteiger partial charge in [-0.25, -0.2) is 4.79 Å². The molecule has 0 spiro atoms. The zero-order valence-electron chi connectivity index (χ0n) is 10.9. The zero-order valence-corrected chi connectivity index (χ0v) is 10.9. The lowest BCUT2D eigenvalue weighted by atomic mass is 10.0. The molecule has 0 unspecified atom stereocenters. The van der Waals surface area contributed by atoms with Crippen LogP contribution in [0.1, 0.15) is 41.4 Å². The molecule has 0 radical (unpaired) electrons. The number of carboxylic acid groups (broad SMARTS) is 1. The minimum absolute atomic E-state index is 0.107. The molecule has 4 nitrogen and oxygen atoms in total. The van der Waals surface area contributed by atoms with Crippen LogP contribution in [0.25, 0.3) is 0 Å². The Labute approximate surface area is 111 Å². The Hall–Kier alpha value is -2.23. The zero-order chi connectivity index (χ0) is 13.8. The summed E-state index contributed by atoms with van der Waals surface area (Å²) in [7, 11) is 0. The molecule has 0 aliphatic heterocycles. The number of hydrogen-bond acceptors (Lipinski definition) is 3. The second kappa shape index (κ2) is 5.61. The number of benzene rings is 1. The fraction of sp³-hybridized carbons (Fsp3) is 0.267. The average molecular weight is 260 g/mol. The van der Waals surface area contributed by atoms with E-state index in [-0.39, 0.29) is 12.2 Å². The third kappa shape index (κ3) is 3.16. The molecular formula is C15H16O4. The van der Waals surface area contributed by atoms with Crippen molar-refractivity contribution in [1.82, 2.24) is 0 Å². The molecule has 1 N–H and O–H groups in total. The van der Waals surface area contributed by atoms with E-state index in [4.69, 9.17) is 14.3 Å². The normalized spacial score (nSPS) is 10.7. The van der Waals surface area contributed by atoms with Gasteiger partial charge in [0.2, 0.25) is 0 Å². The molecule has 100 valence electrons. The van der Waals surface area contributed by atoms with Crippen molar-refractivity contribution in [2.75, 3.05) is 0 Å². The van der Waals surface area contributed by atoms with Gasteiger partial charge in [0.05, 0.1) is 6.26 Å². The van der Waals surface area contributed by atoms with Gasteiger partial charge < -0.3 is 14.3 Å². The fourth-order valence-electron chi connectivity index (χ4n) is 1.76. The summed E-state index contributed by atoms with van der Waals surface area (Å²) in [5.41, 5.74) is 1.32. The second-order valence-electron chi connectivity index (χ2n) is 4.58. The Bertz CT molecular complexity index is 569. The maximum absolute atomic E-state index is 10.9. The van der Waals surface area contributed by atoms with Crippen LogP contribution in [0.3, 0.4) is 0 Å². The molecule has 2 rings (SSSR count). The van der Waals surface area contributed by atoms with Crippen LogP contribution < -0.4 is 4.74 Å². The molecule has 0 atom stereocenters. The van der Waals surface area contributed by atoms with Crippen LogP contribution in [-0.2, 0) is 6.61 Å². The molecule has 0 saturated carbocycles. The molecular weight excluding hydrogens is 244 g/mol. The summed E-state index contributed by atoms with van der Waals surface area (Å²) >= 11 is 0. The van der Waals surface area contributed by atoms with Gasteiger partial charge in [-0.05, 0) is 29.7 Å². The second-order valence-corrected chi connectivity index (χ2v) is 4.58. The van der Waals surface area contributed by atoms with Gasteiger partial charge in [-0.15, -0.1) is 0 Å². The van der Waals surface area contributed by atoms with Crippen molar-refractivity contribution in [2.24, 2.45) is 0 Å². The SMILES string of the molecule is CC(C)c1cccc(OCc2occc2C(=O)O)c1. The van der Waals surface area contributed by atoms with E-state index in [1.165, 1.54) is 17.9 Å². The van der Waals surface area contributed by atoms with Crippen molar-refractivity contribution in [1.29, 1.82) is 0 Å². The van der Waals surface area contributed by atoms with E-state index in [2.05, 4.69) is 13.8 Å². The molecule has 0 bridgehead atoms. The van der Waals surface area contributed by atoms with Crippen LogP contribution in [0.15, 0.2) is 41.0 Å². The molecule has 1 aromatic heterocycles. The number of rotatable bonds is 5. The Morgan fingerprint density at radius 1 is 1.37 bits per heavy atom. The molecule has 4 heteroatoms. The number of carboxylic acids is 1. The van der Waals surface area contributed by atoms with Crippen LogP contribution in [-0.4, -0.2) is 11.1 Å². The quantitative estimate of drug-likeness (QED) is 0.890. The third-order valence-corrected chi connectivity index (χ3v) is 2.87. The Balaban J connectivity index is 2.08. The highest BCUT2D eigenvalue weighted by Gasteiger charge is 2.13. The first-order valence-corrected chi connectivity index (χ1v) is 6.10. The number of aromatic carboxylic acids is 1. The highest BCUT2D eigenvalue weighted by Crippen LogP contribution is 2.21. The largest absolute Gasteiger partial charge is 0.486 e. The van der Waals surface area contributed by atoms with E-state index in [1.807, 2.05) is 24.3 Å². The van der Waals surface area contributed by atoms with E-state index in [1.54, 1.807) is 0 Å². The summed E-state index contributed by atoms with van der Waals surface area (Å²) in [6.45, 7) is 4.32. The average Bonchev–Trinajstić information content (AvgIpc) is 2.85. The van der Waals surface area contributed by atoms with E-state index in [9.17, 15) is 4.79 Å². The summed E-state index contributed by atoms with van der Waals surface area (Å²) in [5.74, 6) is 0.436. The molecule has 19 heavy (non-hydrogen) atoms. The lowest BCUT2D eigenvalue weighted by Crippen LogP contribution is -2.02. The van der Waals surface area contributed by atoms with Gasteiger partial charge >= 0.3 is 5.97 Å². The van der Waals surface area contributed by atoms with E-state index >= 15 is 0 Å². The number of carbonyl (C=O) groups is 1. The summed E-state index contributed by atoms with van der Waals surface area (Å²) in [4.78, 5) is 10.9. The van der Waals surface area contributed by atoms with Gasteiger partial charge in [-0.3, -0.25) is 0 Å². The van der Waals surface area contributed by atoms with Gasteiger partial charge in [0.1, 0.15) is 17.9 Å². The maximum atomic E-state index is 10.9. The van der Waals surface area contributed by atoms with Crippen molar-refractivity contribution in [3.05, 3.63) is 53.5 Å². The topological polar surface area (TPSA) is 59.7 Å². The molecule has 0 fully saturated rings. The Kier molecular flexibility index (Phi) is 3.90. The van der Waals surface area contributed by atoms with Gasteiger partial charge in [0, 0.05) is 0 Å². The van der Waals surface area contributed by atoms with Crippen molar-refractivity contribution >= 4 is 5.97 Å². The van der Waals surface area contributed by atoms with Crippen LogP contribution in [0, 0.1) is 0 Å². The van der Waals surface area contributed by atoms with Crippen LogP contribution in [0.5, 0.6) is 5.75 Å². The summed E-state index contributed by atoms with van der Waals surface area (Å²) < 4.78 is 10.7.